The Morgan fingerprint density at radius 2 is 2.06 bits per heavy atom. The Labute approximate surface area is 186 Å². The van der Waals surface area contributed by atoms with Gasteiger partial charge >= 0.3 is 0 Å². The highest BCUT2D eigenvalue weighted by molar-refractivity contribution is 5.98. The third kappa shape index (κ3) is 5.05. The van der Waals surface area contributed by atoms with Crippen LogP contribution in [-0.4, -0.2) is 57.6 Å². The molecule has 2 fully saturated rings. The summed E-state index contributed by atoms with van der Waals surface area (Å²) < 4.78 is 0. The van der Waals surface area contributed by atoms with E-state index in [0.717, 1.165) is 36.6 Å². The van der Waals surface area contributed by atoms with Crippen molar-refractivity contribution < 1.29 is 19.6 Å². The number of amides is 3. The summed E-state index contributed by atoms with van der Waals surface area (Å²) in [4.78, 5) is 41.7. The molecular formula is C23H29N5O4. The van der Waals surface area contributed by atoms with Crippen LogP contribution in [0.4, 0.5) is 5.69 Å². The van der Waals surface area contributed by atoms with E-state index in [1.165, 1.54) is 5.01 Å². The van der Waals surface area contributed by atoms with E-state index in [2.05, 4.69) is 15.7 Å². The van der Waals surface area contributed by atoms with Gasteiger partial charge in [0.1, 0.15) is 6.04 Å². The molecule has 0 bridgehead atoms. The van der Waals surface area contributed by atoms with Crippen LogP contribution >= 0.6 is 0 Å². The molecule has 1 saturated heterocycles. The van der Waals surface area contributed by atoms with Crippen molar-refractivity contribution in [3.8, 4) is 0 Å². The van der Waals surface area contributed by atoms with Crippen molar-refractivity contribution in [2.75, 3.05) is 18.4 Å². The van der Waals surface area contributed by atoms with Crippen molar-refractivity contribution in [1.82, 2.24) is 20.5 Å². The second kappa shape index (κ2) is 10.1. The Hall–Kier alpha value is -3.04. The number of anilines is 1. The maximum atomic E-state index is 13.3. The summed E-state index contributed by atoms with van der Waals surface area (Å²) in [6, 6.07) is 8.81. The summed E-state index contributed by atoms with van der Waals surface area (Å²) in [5.74, 6) is -0.748. The molecule has 32 heavy (non-hydrogen) atoms. The fraction of sp³-hybridized carbons (Fsp3) is 0.478. The molecule has 2 aromatic rings. The Morgan fingerprint density at radius 3 is 2.84 bits per heavy atom. The van der Waals surface area contributed by atoms with E-state index >= 15 is 0 Å². The smallest absolute Gasteiger partial charge is 0.248 e. The lowest BCUT2D eigenvalue weighted by atomic mass is 9.92. The number of hydrogen-bond acceptors (Lipinski definition) is 6. The number of aromatic nitrogens is 1. The van der Waals surface area contributed by atoms with Gasteiger partial charge in [-0.3, -0.25) is 29.6 Å². The molecule has 1 aromatic carbocycles. The number of benzene rings is 1. The lowest BCUT2D eigenvalue weighted by Crippen LogP contribution is -2.51. The number of hydrazine groups is 1. The van der Waals surface area contributed by atoms with Gasteiger partial charge in [-0.25, -0.2) is 10.5 Å². The first-order valence-corrected chi connectivity index (χ1v) is 11.2. The fourth-order valence-corrected chi connectivity index (χ4v) is 4.77. The molecule has 9 heteroatoms. The zero-order valence-corrected chi connectivity index (χ0v) is 17.9. The van der Waals surface area contributed by atoms with E-state index in [9.17, 15) is 19.6 Å². The van der Waals surface area contributed by atoms with Crippen LogP contribution in [0, 0.1) is 11.8 Å². The number of para-hydroxylation sites is 1. The van der Waals surface area contributed by atoms with Gasteiger partial charge in [0.2, 0.25) is 18.2 Å². The second-order valence-electron chi connectivity index (χ2n) is 8.64. The second-order valence-corrected chi connectivity index (χ2v) is 8.64. The molecular weight excluding hydrogens is 410 g/mol. The standard InChI is InChI=1S/C23H29N5O4/c29-15-27(32)14-18(11-16-5-1-2-6-16)23(31)28-21(9-10-25-28)22(30)26-19-12-17-7-3-4-8-20(17)24-13-19/h3-4,7-8,12-13,15-16,18,21,25,32H,1-2,5-6,9-11,14H2,(H,26,30)/t18-,21+/m1/s1. The maximum Gasteiger partial charge on any atom is 0.248 e. The first-order chi connectivity index (χ1) is 15.5. The summed E-state index contributed by atoms with van der Waals surface area (Å²) in [6.07, 6.45) is 7.33. The predicted octanol–water partition coefficient (Wildman–Crippen LogP) is 2.32. The number of hydroxylamine groups is 2. The number of hydrogen-bond donors (Lipinski definition) is 3. The highest BCUT2D eigenvalue weighted by atomic mass is 16.5. The van der Waals surface area contributed by atoms with E-state index in [0.29, 0.717) is 42.5 Å². The summed E-state index contributed by atoms with van der Waals surface area (Å²) in [5.41, 5.74) is 4.42. The zero-order chi connectivity index (χ0) is 22.5. The molecule has 3 amide bonds. The Kier molecular flexibility index (Phi) is 6.96. The number of nitrogens with zero attached hydrogens (tertiary/aromatic N) is 3. The lowest BCUT2D eigenvalue weighted by molar-refractivity contribution is -0.159. The first kappa shape index (κ1) is 22.2. The summed E-state index contributed by atoms with van der Waals surface area (Å²) in [5, 5.41) is 15.4. The van der Waals surface area contributed by atoms with Gasteiger partial charge in [-0.2, -0.15) is 0 Å². The summed E-state index contributed by atoms with van der Waals surface area (Å²) >= 11 is 0. The van der Waals surface area contributed by atoms with Crippen molar-refractivity contribution in [2.24, 2.45) is 11.8 Å². The normalized spacial score (nSPS) is 19.8. The molecule has 1 aromatic heterocycles. The number of nitrogens with one attached hydrogen (secondary N) is 2. The van der Waals surface area contributed by atoms with Gasteiger partial charge in [-0.15, -0.1) is 0 Å². The van der Waals surface area contributed by atoms with E-state index in [1.54, 1.807) is 6.20 Å². The van der Waals surface area contributed by atoms with Gasteiger partial charge < -0.3 is 5.32 Å². The third-order valence-electron chi connectivity index (χ3n) is 6.38. The first-order valence-electron chi connectivity index (χ1n) is 11.2. The van der Waals surface area contributed by atoms with Crippen LogP contribution in [0.2, 0.25) is 0 Å². The molecule has 0 radical (unpaired) electrons. The number of fused-ring (bicyclic) bond motifs is 1. The molecule has 3 N–H and O–H groups in total. The number of pyridine rings is 1. The van der Waals surface area contributed by atoms with Crippen molar-refractivity contribution in [3.63, 3.8) is 0 Å². The average molecular weight is 440 g/mol. The Balaban J connectivity index is 1.46. The van der Waals surface area contributed by atoms with E-state index in [1.807, 2.05) is 30.3 Å². The van der Waals surface area contributed by atoms with Crippen LogP contribution in [0.3, 0.4) is 0 Å². The van der Waals surface area contributed by atoms with Crippen molar-refractivity contribution in [3.05, 3.63) is 36.5 Å². The van der Waals surface area contributed by atoms with Crippen LogP contribution in [0.15, 0.2) is 36.5 Å². The van der Waals surface area contributed by atoms with Gasteiger partial charge in [0.05, 0.1) is 29.9 Å². The minimum atomic E-state index is -0.677. The fourth-order valence-electron chi connectivity index (χ4n) is 4.77. The van der Waals surface area contributed by atoms with Crippen molar-refractivity contribution in [2.45, 2.75) is 44.6 Å². The minimum Gasteiger partial charge on any atom is -0.323 e. The van der Waals surface area contributed by atoms with Crippen LogP contribution in [-0.2, 0) is 14.4 Å². The third-order valence-corrected chi connectivity index (χ3v) is 6.38. The molecule has 1 saturated carbocycles. The quantitative estimate of drug-likeness (QED) is 0.330. The molecule has 4 rings (SSSR count). The van der Waals surface area contributed by atoms with Crippen LogP contribution in [0.25, 0.3) is 10.9 Å². The molecule has 9 nitrogen and oxygen atoms in total. The monoisotopic (exact) mass is 439 g/mol. The maximum absolute atomic E-state index is 13.3. The molecule has 1 aliphatic carbocycles. The average Bonchev–Trinajstić information content (AvgIpc) is 3.50. The molecule has 170 valence electrons. The van der Waals surface area contributed by atoms with Crippen molar-refractivity contribution >= 4 is 34.8 Å². The number of carbonyl (C=O) groups excluding carboxylic acids is 3. The van der Waals surface area contributed by atoms with Crippen LogP contribution in [0.1, 0.15) is 38.5 Å². The molecule has 2 aliphatic rings. The molecule has 2 atom stereocenters. The van der Waals surface area contributed by atoms with E-state index in [4.69, 9.17) is 0 Å². The lowest BCUT2D eigenvalue weighted by Gasteiger charge is -2.29. The minimum absolute atomic E-state index is 0.0834. The SMILES string of the molecule is O=CN(O)C[C@@H](CC1CCCC1)C(=O)N1NCC[C@H]1C(=O)Nc1cnc2ccccc2c1. The van der Waals surface area contributed by atoms with Gasteiger partial charge in [-0.1, -0.05) is 43.9 Å². The Bertz CT molecular complexity index is 978. The molecule has 0 spiro atoms. The van der Waals surface area contributed by atoms with E-state index in [-0.39, 0.29) is 18.4 Å². The largest absolute Gasteiger partial charge is 0.323 e. The Morgan fingerprint density at radius 1 is 1.28 bits per heavy atom. The van der Waals surface area contributed by atoms with E-state index < -0.39 is 12.0 Å². The van der Waals surface area contributed by atoms with Crippen LogP contribution < -0.4 is 10.7 Å². The molecule has 0 unspecified atom stereocenters. The molecule has 1 aliphatic heterocycles. The number of carbonyl (C=O) groups is 3. The van der Waals surface area contributed by atoms with Crippen molar-refractivity contribution in [1.29, 1.82) is 0 Å². The highest BCUT2D eigenvalue weighted by Gasteiger charge is 2.39. The van der Waals surface area contributed by atoms with Gasteiger partial charge in [0, 0.05) is 11.9 Å². The number of rotatable bonds is 8. The van der Waals surface area contributed by atoms with Gasteiger partial charge in [-0.05, 0) is 30.9 Å². The topological polar surface area (TPSA) is 115 Å². The summed E-state index contributed by atoms with van der Waals surface area (Å²) in [7, 11) is 0. The predicted molar refractivity (Wildman–Crippen MR) is 118 cm³/mol. The molecule has 2 heterocycles. The van der Waals surface area contributed by atoms with Crippen LogP contribution in [0.5, 0.6) is 0 Å². The summed E-state index contributed by atoms with van der Waals surface area (Å²) in [6.45, 7) is 0.409. The van der Waals surface area contributed by atoms with Gasteiger partial charge in [0.25, 0.3) is 0 Å². The van der Waals surface area contributed by atoms with Gasteiger partial charge in [0.15, 0.2) is 0 Å². The highest BCUT2D eigenvalue weighted by Crippen LogP contribution is 2.31. The zero-order valence-electron chi connectivity index (χ0n) is 17.9.